The molecule has 0 amide bonds. The van der Waals surface area contributed by atoms with Crippen molar-refractivity contribution in [2.24, 2.45) is 5.92 Å². The summed E-state index contributed by atoms with van der Waals surface area (Å²) in [7, 11) is 0. The molecule has 0 bridgehead atoms. The molecule has 0 aromatic heterocycles. The molecule has 0 aliphatic rings. The summed E-state index contributed by atoms with van der Waals surface area (Å²) in [5.74, 6) is 0.829. The lowest BCUT2D eigenvalue weighted by molar-refractivity contribution is 0.139. The van der Waals surface area contributed by atoms with E-state index < -0.39 is 0 Å². The zero-order valence-corrected chi connectivity index (χ0v) is 9.48. The van der Waals surface area contributed by atoms with E-state index in [1.54, 1.807) is 12.1 Å². The van der Waals surface area contributed by atoms with Crippen molar-refractivity contribution in [3.8, 4) is 5.75 Å². The van der Waals surface area contributed by atoms with E-state index in [2.05, 4.69) is 13.8 Å². The minimum absolute atomic E-state index is 0.229. The quantitative estimate of drug-likeness (QED) is 0.781. The Balaban J connectivity index is 2.36. The molecule has 84 valence electrons. The van der Waals surface area contributed by atoms with E-state index in [1.807, 2.05) is 12.1 Å². The molecule has 15 heavy (non-hydrogen) atoms. The standard InChI is InChI=1S/C13H20O2/c1-10(2)8-13(15)7-6-11-4-3-5-12(14)9-11/h3-5,9-10,13-15H,6-8H2,1-2H3. The Morgan fingerprint density at radius 2 is 2.00 bits per heavy atom. The van der Waals surface area contributed by atoms with Gasteiger partial charge in [0.2, 0.25) is 0 Å². The van der Waals surface area contributed by atoms with Crippen LogP contribution in [0.4, 0.5) is 0 Å². The smallest absolute Gasteiger partial charge is 0.115 e. The minimum Gasteiger partial charge on any atom is -0.508 e. The fraction of sp³-hybridized carbons (Fsp3) is 0.538. The van der Waals surface area contributed by atoms with Gasteiger partial charge < -0.3 is 10.2 Å². The number of hydrogen-bond acceptors (Lipinski definition) is 2. The largest absolute Gasteiger partial charge is 0.508 e. The number of benzene rings is 1. The van der Waals surface area contributed by atoms with Crippen LogP contribution in [0.5, 0.6) is 5.75 Å². The van der Waals surface area contributed by atoms with Gasteiger partial charge in [0.05, 0.1) is 6.10 Å². The van der Waals surface area contributed by atoms with Gasteiger partial charge in [-0.1, -0.05) is 26.0 Å². The summed E-state index contributed by atoms with van der Waals surface area (Å²) in [4.78, 5) is 0. The maximum atomic E-state index is 9.69. The van der Waals surface area contributed by atoms with Crippen LogP contribution in [0.1, 0.15) is 32.3 Å². The van der Waals surface area contributed by atoms with Crippen molar-refractivity contribution in [2.75, 3.05) is 0 Å². The molecule has 0 saturated carbocycles. The third-order valence-corrected chi connectivity index (χ3v) is 2.42. The molecule has 0 saturated heterocycles. The summed E-state index contributed by atoms with van der Waals surface area (Å²) in [6.45, 7) is 4.22. The van der Waals surface area contributed by atoms with Crippen molar-refractivity contribution in [3.05, 3.63) is 29.8 Å². The van der Waals surface area contributed by atoms with Gasteiger partial charge in [0.15, 0.2) is 0 Å². The lowest BCUT2D eigenvalue weighted by Crippen LogP contribution is -2.11. The Labute approximate surface area is 91.6 Å². The second-order valence-electron chi connectivity index (χ2n) is 4.49. The van der Waals surface area contributed by atoms with Crippen LogP contribution in [0.2, 0.25) is 0 Å². The molecule has 0 aliphatic heterocycles. The highest BCUT2D eigenvalue weighted by Gasteiger charge is 2.07. The fourth-order valence-electron chi connectivity index (χ4n) is 1.71. The molecule has 0 radical (unpaired) electrons. The summed E-state index contributed by atoms with van der Waals surface area (Å²) in [6.07, 6.45) is 2.20. The molecule has 1 rings (SSSR count). The number of phenols is 1. The number of aryl methyl sites for hydroxylation is 1. The van der Waals surface area contributed by atoms with Crippen LogP contribution in [0.15, 0.2) is 24.3 Å². The highest BCUT2D eigenvalue weighted by atomic mass is 16.3. The molecule has 2 nitrogen and oxygen atoms in total. The Bertz CT molecular complexity index is 294. The molecular weight excluding hydrogens is 188 g/mol. The van der Waals surface area contributed by atoms with Crippen LogP contribution in [-0.2, 0) is 6.42 Å². The van der Waals surface area contributed by atoms with Crippen LogP contribution in [0, 0.1) is 5.92 Å². The van der Waals surface area contributed by atoms with Crippen LogP contribution < -0.4 is 0 Å². The Kier molecular flexibility index (Phi) is 4.63. The van der Waals surface area contributed by atoms with Crippen molar-refractivity contribution < 1.29 is 10.2 Å². The van der Waals surface area contributed by atoms with Gasteiger partial charge >= 0.3 is 0 Å². The number of rotatable bonds is 5. The molecule has 0 spiro atoms. The molecule has 0 fully saturated rings. The van der Waals surface area contributed by atoms with Crippen molar-refractivity contribution in [1.29, 1.82) is 0 Å². The summed E-state index contributed by atoms with van der Waals surface area (Å²) >= 11 is 0. The van der Waals surface area contributed by atoms with Crippen molar-refractivity contribution in [3.63, 3.8) is 0 Å². The third kappa shape index (κ3) is 4.84. The maximum Gasteiger partial charge on any atom is 0.115 e. The highest BCUT2D eigenvalue weighted by molar-refractivity contribution is 5.27. The Morgan fingerprint density at radius 1 is 1.27 bits per heavy atom. The minimum atomic E-state index is -0.229. The van der Waals surface area contributed by atoms with E-state index in [4.69, 9.17) is 0 Å². The van der Waals surface area contributed by atoms with E-state index in [9.17, 15) is 10.2 Å². The SMILES string of the molecule is CC(C)CC(O)CCc1cccc(O)c1. The zero-order chi connectivity index (χ0) is 11.3. The van der Waals surface area contributed by atoms with Crippen LogP contribution >= 0.6 is 0 Å². The molecule has 0 heterocycles. The van der Waals surface area contributed by atoms with E-state index in [1.165, 1.54) is 0 Å². The normalized spacial score (nSPS) is 13.1. The lowest BCUT2D eigenvalue weighted by Gasteiger charge is -2.12. The topological polar surface area (TPSA) is 40.5 Å². The van der Waals surface area contributed by atoms with Gasteiger partial charge in [-0.15, -0.1) is 0 Å². The Hall–Kier alpha value is -1.02. The second kappa shape index (κ2) is 5.76. The molecule has 1 atom stereocenters. The number of phenolic OH excluding ortho intramolecular Hbond substituents is 1. The molecule has 2 N–H and O–H groups in total. The van der Waals surface area contributed by atoms with Crippen LogP contribution in [0.3, 0.4) is 0 Å². The summed E-state index contributed by atoms with van der Waals surface area (Å²) in [5, 5.41) is 18.9. The molecule has 1 unspecified atom stereocenters. The fourth-order valence-corrected chi connectivity index (χ4v) is 1.71. The first kappa shape index (κ1) is 12.1. The highest BCUT2D eigenvalue weighted by Crippen LogP contribution is 2.15. The van der Waals surface area contributed by atoms with E-state index >= 15 is 0 Å². The third-order valence-electron chi connectivity index (χ3n) is 2.42. The molecule has 0 aliphatic carbocycles. The summed E-state index contributed by atoms with van der Waals surface area (Å²) in [6, 6.07) is 7.22. The number of hydrogen-bond donors (Lipinski definition) is 2. The second-order valence-corrected chi connectivity index (χ2v) is 4.49. The predicted octanol–water partition coefficient (Wildman–Crippen LogP) is 2.73. The zero-order valence-electron chi connectivity index (χ0n) is 9.48. The van der Waals surface area contributed by atoms with Gasteiger partial charge in [-0.2, -0.15) is 0 Å². The first-order valence-electron chi connectivity index (χ1n) is 5.54. The van der Waals surface area contributed by atoms with Gasteiger partial charge in [0, 0.05) is 0 Å². The molecule has 1 aromatic carbocycles. The maximum absolute atomic E-state index is 9.69. The van der Waals surface area contributed by atoms with Crippen LogP contribution in [0.25, 0.3) is 0 Å². The first-order chi connectivity index (χ1) is 7.08. The first-order valence-corrected chi connectivity index (χ1v) is 5.54. The van der Waals surface area contributed by atoms with Crippen molar-refractivity contribution in [2.45, 2.75) is 39.2 Å². The van der Waals surface area contributed by atoms with Gasteiger partial charge in [-0.3, -0.25) is 0 Å². The van der Waals surface area contributed by atoms with Gasteiger partial charge in [0.25, 0.3) is 0 Å². The number of aliphatic hydroxyl groups is 1. The monoisotopic (exact) mass is 208 g/mol. The Morgan fingerprint density at radius 3 is 2.60 bits per heavy atom. The molecular formula is C13H20O2. The van der Waals surface area contributed by atoms with E-state index in [-0.39, 0.29) is 6.10 Å². The molecule has 1 aromatic rings. The molecule has 2 heteroatoms. The predicted molar refractivity (Wildman–Crippen MR) is 61.9 cm³/mol. The average Bonchev–Trinajstić information content (AvgIpc) is 2.14. The van der Waals surface area contributed by atoms with Gasteiger partial charge in [-0.05, 0) is 42.9 Å². The van der Waals surface area contributed by atoms with Crippen LogP contribution in [-0.4, -0.2) is 16.3 Å². The van der Waals surface area contributed by atoms with Gasteiger partial charge in [-0.25, -0.2) is 0 Å². The summed E-state index contributed by atoms with van der Waals surface area (Å²) in [5.41, 5.74) is 1.08. The lowest BCUT2D eigenvalue weighted by atomic mass is 10.00. The number of aliphatic hydroxyl groups excluding tert-OH is 1. The van der Waals surface area contributed by atoms with Crippen molar-refractivity contribution >= 4 is 0 Å². The summed E-state index contributed by atoms with van der Waals surface area (Å²) < 4.78 is 0. The van der Waals surface area contributed by atoms with Crippen molar-refractivity contribution in [1.82, 2.24) is 0 Å². The number of aromatic hydroxyl groups is 1. The average molecular weight is 208 g/mol. The van der Waals surface area contributed by atoms with Gasteiger partial charge in [0.1, 0.15) is 5.75 Å². The van der Waals surface area contributed by atoms with E-state index in [0.717, 1.165) is 24.8 Å². The van der Waals surface area contributed by atoms with E-state index in [0.29, 0.717) is 11.7 Å².